The van der Waals surface area contributed by atoms with Crippen LogP contribution >= 0.6 is 0 Å². The molecule has 266 valence electrons. The highest BCUT2D eigenvalue weighted by Gasteiger charge is 2.42. The number of hydrogen-bond donors (Lipinski definition) is 0. The molecule has 0 N–H and O–H groups in total. The predicted octanol–water partition coefficient (Wildman–Crippen LogP) is 10.9. The van der Waals surface area contributed by atoms with Crippen LogP contribution in [0, 0.1) is 56.7 Å². The molecular weight excluding hydrogens is 729 g/mol. The molecule has 0 atom stereocenters. The highest BCUT2D eigenvalue weighted by molar-refractivity contribution is 6.12. The summed E-state index contributed by atoms with van der Waals surface area (Å²) in [5.74, 6) is 0. The minimum atomic E-state index is -5.30. The van der Waals surface area contributed by atoms with Crippen LogP contribution in [0.5, 0.6) is 0 Å². The van der Waals surface area contributed by atoms with Gasteiger partial charge in [0.25, 0.3) is 0 Å². The van der Waals surface area contributed by atoms with Crippen LogP contribution in [0.25, 0.3) is 66.1 Å². The monoisotopic (exact) mass is 745 g/mol. The Balaban J connectivity index is 1.67. The lowest BCUT2D eigenvalue weighted by molar-refractivity contribution is -0.142. The van der Waals surface area contributed by atoms with Crippen molar-refractivity contribution in [2.45, 2.75) is 12.4 Å². The topological polar surface area (TPSA) is 129 Å². The normalized spacial score (nSPS) is 11.7. The van der Waals surface area contributed by atoms with Crippen molar-refractivity contribution in [2.24, 2.45) is 0 Å². The first kappa shape index (κ1) is 35.0. The molecule has 0 fully saturated rings. The lowest BCUT2D eigenvalue weighted by Crippen LogP contribution is -2.16. The summed E-state index contributed by atoms with van der Waals surface area (Å²) in [6.07, 6.45) is -10.6. The number of halogens is 6. The second-order valence-corrected chi connectivity index (χ2v) is 12.7. The summed E-state index contributed by atoms with van der Waals surface area (Å²) in [6, 6.07) is 32.7. The molecule has 0 aliphatic rings. The van der Waals surface area contributed by atoms with Gasteiger partial charge in [-0.3, -0.25) is 0 Å². The Hall–Kier alpha value is -8.05. The van der Waals surface area contributed by atoms with E-state index in [9.17, 15) is 52.7 Å². The first-order valence-electron chi connectivity index (χ1n) is 16.5. The molecule has 8 rings (SSSR count). The fraction of sp³-hybridized carbons (Fsp3) is 0.0465. The van der Waals surface area contributed by atoms with Gasteiger partial charge >= 0.3 is 12.4 Å². The third-order valence-electron chi connectivity index (χ3n) is 9.73. The highest BCUT2D eigenvalue weighted by atomic mass is 19.4. The summed E-state index contributed by atoms with van der Waals surface area (Å²) in [6.45, 7) is 0. The number of benzene rings is 6. The van der Waals surface area contributed by atoms with Gasteiger partial charge in [-0.1, -0.05) is 36.4 Å². The van der Waals surface area contributed by atoms with E-state index in [4.69, 9.17) is 0 Å². The fourth-order valence-electron chi connectivity index (χ4n) is 7.44. The molecule has 2 heterocycles. The molecule has 0 bridgehead atoms. The van der Waals surface area contributed by atoms with Crippen molar-refractivity contribution in [2.75, 3.05) is 0 Å². The third-order valence-corrected chi connectivity index (χ3v) is 9.73. The van der Waals surface area contributed by atoms with E-state index in [2.05, 4.69) is 18.2 Å². The molecule has 0 saturated heterocycles. The molecule has 0 amide bonds. The molecule has 0 saturated carbocycles. The molecule has 0 unspecified atom stereocenters. The Morgan fingerprint density at radius 1 is 0.429 bits per heavy atom. The quantitative estimate of drug-likeness (QED) is 0.166. The van der Waals surface area contributed by atoms with E-state index < -0.39 is 40.3 Å². The molecule has 0 radical (unpaired) electrons. The van der Waals surface area contributed by atoms with Gasteiger partial charge in [0.1, 0.15) is 11.6 Å². The average Bonchev–Trinajstić information content (AvgIpc) is 3.69. The molecule has 56 heavy (non-hydrogen) atoms. The molecule has 13 heteroatoms. The number of nitriles is 5. The van der Waals surface area contributed by atoms with E-state index in [1.807, 2.05) is 12.1 Å². The Labute approximate surface area is 312 Å². The van der Waals surface area contributed by atoms with Gasteiger partial charge in [-0.05, 0) is 66.7 Å². The summed E-state index contributed by atoms with van der Waals surface area (Å²) in [5, 5.41) is 52.7. The largest absolute Gasteiger partial charge is 0.417 e. The molecule has 6 aromatic carbocycles. The van der Waals surface area contributed by atoms with Crippen molar-refractivity contribution in [3.8, 4) is 52.8 Å². The Morgan fingerprint density at radius 3 is 1.14 bits per heavy atom. The Morgan fingerprint density at radius 2 is 0.804 bits per heavy atom. The summed E-state index contributed by atoms with van der Waals surface area (Å²) < 4.78 is 92.2. The highest BCUT2D eigenvalue weighted by Crippen LogP contribution is 2.49. The zero-order valence-electron chi connectivity index (χ0n) is 28.2. The fourth-order valence-corrected chi connectivity index (χ4v) is 7.44. The lowest BCUT2D eigenvalue weighted by Gasteiger charge is -2.24. The van der Waals surface area contributed by atoms with Crippen LogP contribution in [0.1, 0.15) is 38.9 Å². The zero-order valence-corrected chi connectivity index (χ0v) is 28.2. The number of fused-ring (bicyclic) bond motifs is 6. The minimum absolute atomic E-state index is 0.00245. The van der Waals surface area contributed by atoms with Crippen molar-refractivity contribution in [3.05, 3.63) is 142 Å². The number of hydrogen-bond acceptors (Lipinski definition) is 5. The second-order valence-electron chi connectivity index (χ2n) is 12.7. The van der Waals surface area contributed by atoms with Crippen molar-refractivity contribution < 1.29 is 26.3 Å². The van der Waals surface area contributed by atoms with Gasteiger partial charge in [-0.15, -0.1) is 0 Å². The predicted molar refractivity (Wildman–Crippen MR) is 194 cm³/mol. The molecule has 0 spiro atoms. The van der Waals surface area contributed by atoms with Gasteiger partial charge in [0.2, 0.25) is 0 Å². The van der Waals surface area contributed by atoms with Crippen LogP contribution in [0.15, 0.2) is 103 Å². The maximum Gasteiger partial charge on any atom is 0.417 e. The summed E-state index contributed by atoms with van der Waals surface area (Å²) in [5.41, 5.74) is -4.24. The van der Waals surface area contributed by atoms with E-state index in [1.54, 1.807) is 36.4 Å². The first-order chi connectivity index (χ1) is 26.8. The maximum atomic E-state index is 14.9. The summed E-state index contributed by atoms with van der Waals surface area (Å²) >= 11 is 0. The number of nitrogens with zero attached hydrogens (tertiary/aromatic N) is 7. The molecular formula is C43H17F6N7. The van der Waals surface area contributed by atoms with Crippen molar-refractivity contribution in [1.29, 1.82) is 26.3 Å². The van der Waals surface area contributed by atoms with Crippen LogP contribution in [0.4, 0.5) is 26.3 Å². The van der Waals surface area contributed by atoms with E-state index >= 15 is 0 Å². The number of rotatable bonds is 3. The van der Waals surface area contributed by atoms with Gasteiger partial charge in [0, 0.05) is 32.7 Å². The van der Waals surface area contributed by atoms with Crippen molar-refractivity contribution in [1.82, 2.24) is 9.13 Å². The second kappa shape index (κ2) is 12.5. The SMILES string of the molecule is N#Cc1ccc2c3ccc(C#N)cc3n(-c3ccc(-c4c(C(F)(F)F)cccc4C(F)(F)F)c(-n4c5cc(C#N)ccc5c5ccc(C#N)cc54)c3C#N)c2c1. The third kappa shape index (κ3) is 5.25. The molecule has 7 nitrogen and oxygen atoms in total. The van der Waals surface area contributed by atoms with Gasteiger partial charge in [-0.25, -0.2) is 0 Å². The number of alkyl halides is 6. The minimum Gasteiger partial charge on any atom is -0.308 e. The van der Waals surface area contributed by atoms with Crippen LogP contribution in [0.3, 0.4) is 0 Å². The van der Waals surface area contributed by atoms with Crippen LogP contribution < -0.4 is 0 Å². The van der Waals surface area contributed by atoms with Gasteiger partial charge in [-0.2, -0.15) is 52.7 Å². The standard InChI is InChI=1S/C43H17F6N7/c44-42(45,46)33-2-1-3-34(43(47,48)49)40(33)31-12-13-35(55-36-14-23(18-50)4-8-27(36)28-9-5-24(19-51)15-37(28)55)32(22-54)41(31)56-38-16-25(20-52)6-10-29(38)30-11-7-26(21-53)17-39(30)56/h1-17H. The first-order valence-corrected chi connectivity index (χ1v) is 16.5. The Bertz CT molecular complexity index is 3060. The number of aromatic nitrogens is 2. The van der Waals surface area contributed by atoms with E-state index in [0.717, 1.165) is 6.07 Å². The Kier molecular flexibility index (Phi) is 7.83. The molecule has 0 aliphatic carbocycles. The zero-order chi connectivity index (χ0) is 39.7. The lowest BCUT2D eigenvalue weighted by atomic mass is 9.90. The van der Waals surface area contributed by atoms with Crippen molar-refractivity contribution >= 4 is 43.6 Å². The van der Waals surface area contributed by atoms with Crippen molar-refractivity contribution in [3.63, 3.8) is 0 Å². The molecule has 0 aliphatic heterocycles. The van der Waals surface area contributed by atoms with Gasteiger partial charge < -0.3 is 9.13 Å². The summed E-state index contributed by atoms with van der Waals surface area (Å²) in [4.78, 5) is 0. The molecule has 8 aromatic rings. The van der Waals surface area contributed by atoms with E-state index in [0.29, 0.717) is 50.8 Å². The van der Waals surface area contributed by atoms with Gasteiger partial charge in [0.15, 0.2) is 0 Å². The van der Waals surface area contributed by atoms with Gasteiger partial charge in [0.05, 0.1) is 91.1 Å². The van der Waals surface area contributed by atoms with Crippen LogP contribution in [0.2, 0.25) is 0 Å². The average molecular weight is 746 g/mol. The van der Waals surface area contributed by atoms with Crippen LogP contribution in [-0.4, -0.2) is 9.13 Å². The van der Waals surface area contributed by atoms with E-state index in [1.165, 1.54) is 51.6 Å². The summed E-state index contributed by atoms with van der Waals surface area (Å²) in [7, 11) is 0. The smallest absolute Gasteiger partial charge is 0.308 e. The van der Waals surface area contributed by atoms with E-state index in [-0.39, 0.29) is 44.5 Å². The van der Waals surface area contributed by atoms with Crippen LogP contribution in [-0.2, 0) is 12.4 Å². The maximum absolute atomic E-state index is 14.9. The molecule has 2 aromatic heterocycles.